The molecule has 0 aromatic heterocycles. The van der Waals surface area contributed by atoms with Crippen LogP contribution in [-0.2, 0) is 11.3 Å². The molecule has 0 spiro atoms. The van der Waals surface area contributed by atoms with E-state index in [1.807, 2.05) is 54.6 Å². The third-order valence-electron chi connectivity index (χ3n) is 3.38. The van der Waals surface area contributed by atoms with Gasteiger partial charge in [-0.15, -0.1) is 0 Å². The zero-order chi connectivity index (χ0) is 16.5. The maximum atomic E-state index is 5.64. The van der Waals surface area contributed by atoms with Crippen molar-refractivity contribution in [2.45, 2.75) is 6.61 Å². The van der Waals surface area contributed by atoms with Gasteiger partial charge in [0, 0.05) is 11.6 Å². The standard InChI is InChI=1S/C19H22O4/c1-20-17-9-6-15(7-10-17)14-23-12-4-5-16-8-11-18(21-2)13-19(16)22-3/h4-11,13H,12,14H2,1-3H3/b5-4+. The fourth-order valence-corrected chi connectivity index (χ4v) is 2.10. The third-order valence-corrected chi connectivity index (χ3v) is 3.38. The fraction of sp³-hybridized carbons (Fsp3) is 0.263. The lowest BCUT2D eigenvalue weighted by molar-refractivity contribution is 0.149. The Labute approximate surface area is 137 Å². The molecular formula is C19H22O4. The van der Waals surface area contributed by atoms with Crippen LogP contribution in [0.1, 0.15) is 11.1 Å². The lowest BCUT2D eigenvalue weighted by Gasteiger charge is -2.07. The van der Waals surface area contributed by atoms with Crippen molar-refractivity contribution in [1.82, 2.24) is 0 Å². The predicted molar refractivity (Wildman–Crippen MR) is 91.2 cm³/mol. The van der Waals surface area contributed by atoms with Crippen molar-refractivity contribution in [3.63, 3.8) is 0 Å². The van der Waals surface area contributed by atoms with Crippen molar-refractivity contribution < 1.29 is 18.9 Å². The summed E-state index contributed by atoms with van der Waals surface area (Å²) in [5.41, 5.74) is 2.10. The molecule has 2 aromatic rings. The molecule has 0 atom stereocenters. The second kappa shape index (κ2) is 8.86. The van der Waals surface area contributed by atoms with Crippen molar-refractivity contribution in [3.8, 4) is 17.2 Å². The maximum absolute atomic E-state index is 5.64. The van der Waals surface area contributed by atoms with Gasteiger partial charge in [-0.3, -0.25) is 0 Å². The minimum atomic E-state index is 0.529. The van der Waals surface area contributed by atoms with Crippen LogP contribution in [0, 0.1) is 0 Å². The van der Waals surface area contributed by atoms with Crippen LogP contribution < -0.4 is 14.2 Å². The van der Waals surface area contributed by atoms with Gasteiger partial charge in [0.05, 0.1) is 34.5 Å². The molecule has 0 saturated carbocycles. The number of hydrogen-bond donors (Lipinski definition) is 0. The van der Waals surface area contributed by atoms with Gasteiger partial charge in [-0.1, -0.05) is 24.3 Å². The highest BCUT2D eigenvalue weighted by Crippen LogP contribution is 2.25. The second-order valence-corrected chi connectivity index (χ2v) is 4.87. The molecule has 2 aromatic carbocycles. The first-order valence-electron chi connectivity index (χ1n) is 7.36. The highest BCUT2D eigenvalue weighted by atomic mass is 16.5. The Kier molecular flexibility index (Phi) is 6.51. The van der Waals surface area contributed by atoms with Crippen LogP contribution in [0.2, 0.25) is 0 Å². The largest absolute Gasteiger partial charge is 0.497 e. The monoisotopic (exact) mass is 314 g/mol. The molecule has 4 nitrogen and oxygen atoms in total. The normalized spacial score (nSPS) is 10.7. The van der Waals surface area contributed by atoms with E-state index in [4.69, 9.17) is 18.9 Å². The van der Waals surface area contributed by atoms with E-state index in [-0.39, 0.29) is 0 Å². The summed E-state index contributed by atoms with van der Waals surface area (Å²) in [6.07, 6.45) is 3.94. The van der Waals surface area contributed by atoms with Crippen LogP contribution in [-0.4, -0.2) is 27.9 Å². The maximum Gasteiger partial charge on any atom is 0.129 e. The molecule has 0 heterocycles. The Bertz CT molecular complexity index is 632. The van der Waals surface area contributed by atoms with Gasteiger partial charge in [0.2, 0.25) is 0 Å². The summed E-state index contributed by atoms with van der Waals surface area (Å²) >= 11 is 0. The molecule has 0 aliphatic rings. The Morgan fingerprint density at radius 3 is 2.17 bits per heavy atom. The SMILES string of the molecule is COc1ccc(COC/C=C/c2ccc(OC)cc2OC)cc1. The molecule has 0 N–H and O–H groups in total. The molecular weight excluding hydrogens is 292 g/mol. The number of rotatable bonds is 8. The summed E-state index contributed by atoms with van der Waals surface area (Å²) in [7, 11) is 4.94. The molecule has 4 heteroatoms. The Balaban J connectivity index is 1.84. The van der Waals surface area contributed by atoms with E-state index in [9.17, 15) is 0 Å². The second-order valence-electron chi connectivity index (χ2n) is 4.87. The van der Waals surface area contributed by atoms with Gasteiger partial charge in [0.25, 0.3) is 0 Å². The van der Waals surface area contributed by atoms with Crippen LogP contribution >= 0.6 is 0 Å². The average molecular weight is 314 g/mol. The number of methoxy groups -OCH3 is 3. The molecule has 0 bridgehead atoms. The highest BCUT2D eigenvalue weighted by molar-refractivity contribution is 5.59. The van der Waals surface area contributed by atoms with Crippen LogP contribution in [0.15, 0.2) is 48.5 Å². The summed E-state index contributed by atoms with van der Waals surface area (Å²) in [5, 5.41) is 0. The Morgan fingerprint density at radius 2 is 1.52 bits per heavy atom. The fourth-order valence-electron chi connectivity index (χ4n) is 2.10. The molecule has 0 aliphatic carbocycles. The van der Waals surface area contributed by atoms with Crippen LogP contribution in [0.25, 0.3) is 6.08 Å². The highest BCUT2D eigenvalue weighted by Gasteiger charge is 2.01. The first-order valence-corrected chi connectivity index (χ1v) is 7.36. The van der Waals surface area contributed by atoms with E-state index in [1.165, 1.54) is 0 Å². The first-order chi connectivity index (χ1) is 11.3. The van der Waals surface area contributed by atoms with E-state index >= 15 is 0 Å². The predicted octanol–water partition coefficient (Wildman–Crippen LogP) is 3.94. The van der Waals surface area contributed by atoms with Crippen LogP contribution in [0.3, 0.4) is 0 Å². The zero-order valence-corrected chi connectivity index (χ0v) is 13.7. The molecule has 2 rings (SSSR count). The minimum Gasteiger partial charge on any atom is -0.497 e. The lowest BCUT2D eigenvalue weighted by atomic mass is 10.2. The summed E-state index contributed by atoms with van der Waals surface area (Å²) in [6, 6.07) is 13.6. The number of ether oxygens (including phenoxy) is 4. The van der Waals surface area contributed by atoms with Crippen LogP contribution in [0.4, 0.5) is 0 Å². The summed E-state index contributed by atoms with van der Waals surface area (Å²) in [6.45, 7) is 1.09. The number of hydrogen-bond acceptors (Lipinski definition) is 4. The first kappa shape index (κ1) is 16.9. The smallest absolute Gasteiger partial charge is 0.129 e. The van der Waals surface area contributed by atoms with Gasteiger partial charge < -0.3 is 18.9 Å². The molecule has 122 valence electrons. The summed E-state index contributed by atoms with van der Waals surface area (Å²) in [5.74, 6) is 2.39. The quantitative estimate of drug-likeness (QED) is 0.692. The van der Waals surface area contributed by atoms with Gasteiger partial charge in [-0.2, -0.15) is 0 Å². The Hall–Kier alpha value is -2.46. The molecule has 0 saturated heterocycles. The van der Waals surface area contributed by atoms with E-state index < -0.39 is 0 Å². The molecule has 0 fully saturated rings. The molecule has 0 amide bonds. The number of benzene rings is 2. The van der Waals surface area contributed by atoms with E-state index in [0.717, 1.165) is 28.4 Å². The van der Waals surface area contributed by atoms with E-state index in [0.29, 0.717) is 13.2 Å². The van der Waals surface area contributed by atoms with Crippen LogP contribution in [0.5, 0.6) is 17.2 Å². The molecule has 0 radical (unpaired) electrons. The van der Waals surface area contributed by atoms with Crippen molar-refractivity contribution >= 4 is 6.08 Å². The summed E-state index contributed by atoms with van der Waals surface area (Å²) in [4.78, 5) is 0. The van der Waals surface area contributed by atoms with E-state index in [1.54, 1.807) is 21.3 Å². The van der Waals surface area contributed by atoms with Crippen molar-refractivity contribution in [3.05, 3.63) is 59.7 Å². The lowest BCUT2D eigenvalue weighted by Crippen LogP contribution is -1.93. The summed E-state index contributed by atoms with van der Waals surface area (Å²) < 4.78 is 21.3. The molecule has 0 unspecified atom stereocenters. The van der Waals surface area contributed by atoms with Crippen molar-refractivity contribution in [1.29, 1.82) is 0 Å². The van der Waals surface area contributed by atoms with E-state index in [2.05, 4.69) is 0 Å². The average Bonchev–Trinajstić information content (AvgIpc) is 2.62. The van der Waals surface area contributed by atoms with Gasteiger partial charge in [0.15, 0.2) is 0 Å². The van der Waals surface area contributed by atoms with Crippen molar-refractivity contribution in [2.24, 2.45) is 0 Å². The zero-order valence-electron chi connectivity index (χ0n) is 13.7. The molecule has 0 aliphatic heterocycles. The topological polar surface area (TPSA) is 36.9 Å². The minimum absolute atomic E-state index is 0.529. The van der Waals surface area contributed by atoms with Gasteiger partial charge in [-0.25, -0.2) is 0 Å². The van der Waals surface area contributed by atoms with Gasteiger partial charge in [-0.05, 0) is 29.8 Å². The van der Waals surface area contributed by atoms with Gasteiger partial charge >= 0.3 is 0 Å². The molecule has 23 heavy (non-hydrogen) atoms. The van der Waals surface area contributed by atoms with Gasteiger partial charge in [0.1, 0.15) is 17.2 Å². The third kappa shape index (κ3) is 5.04. The van der Waals surface area contributed by atoms with Crippen molar-refractivity contribution in [2.75, 3.05) is 27.9 Å². The Morgan fingerprint density at radius 1 is 0.826 bits per heavy atom.